The van der Waals surface area contributed by atoms with Gasteiger partial charge in [-0.25, -0.2) is 8.42 Å². The molecule has 0 aliphatic carbocycles. The fourth-order valence-corrected chi connectivity index (χ4v) is 3.86. The van der Waals surface area contributed by atoms with Crippen LogP contribution in [0.1, 0.15) is 11.5 Å². The van der Waals surface area contributed by atoms with Crippen molar-refractivity contribution in [1.82, 2.24) is 14.8 Å². The van der Waals surface area contributed by atoms with Gasteiger partial charge in [0.15, 0.2) is 5.76 Å². The van der Waals surface area contributed by atoms with Crippen LogP contribution >= 0.6 is 0 Å². The number of nitrogens with zero attached hydrogens (tertiary/aromatic N) is 2. The smallest absolute Gasteiger partial charge is 0.248 e. The molecule has 7 nitrogen and oxygen atoms in total. The summed E-state index contributed by atoms with van der Waals surface area (Å²) in [5, 5.41) is 16.4. The predicted molar refractivity (Wildman–Crippen MR) is 63.6 cm³/mol. The van der Waals surface area contributed by atoms with Crippen molar-refractivity contribution in [2.24, 2.45) is 0 Å². The quantitative estimate of drug-likeness (QED) is 0.753. The molecule has 2 rings (SSSR count). The minimum absolute atomic E-state index is 0.0871. The normalized spacial score (nSPS) is 24.9. The molecule has 1 saturated heterocycles. The Morgan fingerprint density at radius 3 is 2.56 bits per heavy atom. The first-order valence-corrected chi connectivity index (χ1v) is 7.09. The predicted octanol–water partition coefficient (Wildman–Crippen LogP) is -0.755. The lowest BCUT2D eigenvalue weighted by Crippen LogP contribution is -2.44. The van der Waals surface area contributed by atoms with E-state index in [1.54, 1.807) is 13.8 Å². The number of aryl methyl sites for hydroxylation is 2. The number of aromatic nitrogens is 1. The Bertz CT molecular complexity index is 520. The summed E-state index contributed by atoms with van der Waals surface area (Å²) in [6.45, 7) is 3.97. The highest BCUT2D eigenvalue weighted by Crippen LogP contribution is 2.25. The van der Waals surface area contributed by atoms with Crippen molar-refractivity contribution in [3.63, 3.8) is 0 Å². The van der Waals surface area contributed by atoms with Gasteiger partial charge < -0.3 is 14.9 Å². The lowest BCUT2D eigenvalue weighted by atomic mass is 10.2. The maximum Gasteiger partial charge on any atom is 0.248 e. The summed E-state index contributed by atoms with van der Waals surface area (Å²) in [4.78, 5) is 0.0871. The van der Waals surface area contributed by atoms with Crippen LogP contribution in [0.3, 0.4) is 0 Å². The number of aliphatic hydroxyl groups is 1. The van der Waals surface area contributed by atoms with Crippen molar-refractivity contribution < 1.29 is 18.0 Å². The van der Waals surface area contributed by atoms with Gasteiger partial charge in [0.25, 0.3) is 0 Å². The van der Waals surface area contributed by atoms with E-state index in [2.05, 4.69) is 10.5 Å². The SMILES string of the molecule is Cc1noc(C)c1S(=O)(=O)N(C)[C@@H]1CNC[C@H]1O. The number of sulfonamides is 1. The van der Waals surface area contributed by atoms with Gasteiger partial charge in [-0.3, -0.25) is 0 Å². The standard InChI is InChI=1S/C10H17N3O4S/c1-6-10(7(2)17-12-6)18(15,16)13(3)8-4-11-5-9(8)14/h8-9,11,14H,4-5H2,1-3H3/t8-,9-/m1/s1. The lowest BCUT2D eigenvalue weighted by molar-refractivity contribution is 0.136. The van der Waals surface area contributed by atoms with Gasteiger partial charge in [0, 0.05) is 20.1 Å². The van der Waals surface area contributed by atoms with Crippen LogP contribution in [0.25, 0.3) is 0 Å². The molecule has 102 valence electrons. The molecular formula is C10H17N3O4S. The van der Waals surface area contributed by atoms with Crippen molar-refractivity contribution in [2.45, 2.75) is 30.9 Å². The molecule has 2 N–H and O–H groups in total. The van der Waals surface area contributed by atoms with Gasteiger partial charge in [0.2, 0.25) is 10.0 Å². The number of nitrogens with one attached hydrogen (secondary N) is 1. The Morgan fingerprint density at radius 1 is 1.44 bits per heavy atom. The number of hydrogen-bond acceptors (Lipinski definition) is 6. The first-order valence-electron chi connectivity index (χ1n) is 5.65. The molecule has 1 aliphatic rings. The monoisotopic (exact) mass is 275 g/mol. The minimum Gasteiger partial charge on any atom is -0.390 e. The Balaban J connectivity index is 2.37. The summed E-state index contributed by atoms with van der Waals surface area (Å²) >= 11 is 0. The van der Waals surface area contributed by atoms with Crippen LogP contribution in [0, 0.1) is 13.8 Å². The van der Waals surface area contributed by atoms with Crippen molar-refractivity contribution >= 4 is 10.0 Å². The second kappa shape index (κ2) is 4.61. The van der Waals surface area contributed by atoms with E-state index in [9.17, 15) is 13.5 Å². The van der Waals surface area contributed by atoms with Crippen LogP contribution in [-0.2, 0) is 10.0 Å². The molecule has 2 atom stereocenters. The molecule has 0 unspecified atom stereocenters. The Morgan fingerprint density at radius 2 is 2.11 bits per heavy atom. The average Bonchev–Trinajstić information content (AvgIpc) is 2.84. The zero-order chi connectivity index (χ0) is 13.5. The highest BCUT2D eigenvalue weighted by atomic mass is 32.2. The molecule has 1 aromatic rings. The molecule has 0 saturated carbocycles. The summed E-state index contributed by atoms with van der Waals surface area (Å²) in [6.07, 6.45) is -0.703. The maximum atomic E-state index is 12.5. The van der Waals surface area contributed by atoms with Crippen molar-refractivity contribution in [2.75, 3.05) is 20.1 Å². The van der Waals surface area contributed by atoms with Gasteiger partial charge >= 0.3 is 0 Å². The van der Waals surface area contributed by atoms with Gasteiger partial charge in [-0.1, -0.05) is 5.16 Å². The number of likely N-dealkylation sites (N-methyl/N-ethyl adjacent to an activating group) is 1. The second-order valence-corrected chi connectivity index (χ2v) is 6.40. The second-order valence-electron chi connectivity index (χ2n) is 4.47. The van der Waals surface area contributed by atoms with E-state index >= 15 is 0 Å². The number of hydrogen-bond donors (Lipinski definition) is 2. The first kappa shape index (κ1) is 13.5. The molecule has 0 aromatic carbocycles. The molecule has 1 aromatic heterocycles. The highest BCUT2D eigenvalue weighted by molar-refractivity contribution is 7.89. The van der Waals surface area contributed by atoms with Crippen molar-refractivity contribution in [3.05, 3.63) is 11.5 Å². The number of aliphatic hydroxyl groups excluding tert-OH is 1. The molecule has 1 fully saturated rings. The largest absolute Gasteiger partial charge is 0.390 e. The molecule has 0 bridgehead atoms. The summed E-state index contributed by atoms with van der Waals surface area (Å²) in [5.41, 5.74) is 0.333. The third kappa shape index (κ3) is 2.05. The molecule has 8 heteroatoms. The zero-order valence-corrected chi connectivity index (χ0v) is 11.4. The van der Waals surface area contributed by atoms with Crippen molar-refractivity contribution in [1.29, 1.82) is 0 Å². The van der Waals surface area contributed by atoms with E-state index in [4.69, 9.17) is 4.52 Å². The molecule has 0 spiro atoms. The number of β-amino-alcohol motifs (C(OH)–C–C–N with tert-alkyl or cyclic N) is 1. The topological polar surface area (TPSA) is 95.7 Å². The van der Waals surface area contributed by atoms with Crippen LogP contribution in [0.4, 0.5) is 0 Å². The van der Waals surface area contributed by atoms with Crippen LogP contribution in [0.2, 0.25) is 0 Å². The van der Waals surface area contributed by atoms with Gasteiger partial charge in [-0.2, -0.15) is 4.31 Å². The van der Waals surface area contributed by atoms with Gasteiger partial charge in [0.1, 0.15) is 10.6 Å². The molecule has 18 heavy (non-hydrogen) atoms. The van der Waals surface area contributed by atoms with Crippen molar-refractivity contribution in [3.8, 4) is 0 Å². The Kier molecular flexibility index (Phi) is 3.45. The summed E-state index contributed by atoms with van der Waals surface area (Å²) < 4.78 is 31.0. The van der Waals surface area contributed by atoms with E-state index in [0.29, 0.717) is 18.8 Å². The van der Waals surface area contributed by atoms with E-state index in [1.165, 1.54) is 11.4 Å². The fraction of sp³-hybridized carbons (Fsp3) is 0.700. The highest BCUT2D eigenvalue weighted by Gasteiger charge is 2.38. The van der Waals surface area contributed by atoms with E-state index < -0.39 is 22.2 Å². The van der Waals surface area contributed by atoms with Crippen LogP contribution in [0.15, 0.2) is 9.42 Å². The summed E-state index contributed by atoms with van der Waals surface area (Å²) in [6, 6.07) is -0.469. The third-order valence-electron chi connectivity index (χ3n) is 3.22. The molecular weight excluding hydrogens is 258 g/mol. The lowest BCUT2D eigenvalue weighted by Gasteiger charge is -2.25. The molecule has 1 aliphatic heterocycles. The fourth-order valence-electron chi connectivity index (χ4n) is 2.19. The van der Waals surface area contributed by atoms with Gasteiger partial charge in [0.05, 0.1) is 12.1 Å². The van der Waals surface area contributed by atoms with E-state index in [1.807, 2.05) is 0 Å². The van der Waals surface area contributed by atoms with Gasteiger partial charge in [-0.15, -0.1) is 0 Å². The Hall–Kier alpha value is -0.960. The Labute approximate surface area is 106 Å². The third-order valence-corrected chi connectivity index (χ3v) is 5.35. The van der Waals surface area contributed by atoms with Crippen LogP contribution < -0.4 is 5.32 Å². The number of rotatable bonds is 3. The van der Waals surface area contributed by atoms with E-state index in [0.717, 1.165) is 0 Å². The molecule has 0 radical (unpaired) electrons. The maximum absolute atomic E-state index is 12.5. The zero-order valence-electron chi connectivity index (χ0n) is 10.5. The minimum atomic E-state index is -3.70. The first-order chi connectivity index (χ1) is 8.35. The van der Waals surface area contributed by atoms with Crippen LogP contribution in [0.5, 0.6) is 0 Å². The summed E-state index contributed by atoms with van der Waals surface area (Å²) in [5.74, 6) is 0.264. The average molecular weight is 275 g/mol. The molecule has 2 heterocycles. The van der Waals surface area contributed by atoms with Gasteiger partial charge in [-0.05, 0) is 13.8 Å². The summed E-state index contributed by atoms with van der Waals surface area (Å²) in [7, 11) is -2.24. The van der Waals surface area contributed by atoms with E-state index in [-0.39, 0.29) is 10.7 Å². The molecule has 0 amide bonds. The van der Waals surface area contributed by atoms with Crippen LogP contribution in [-0.4, -0.2) is 55.3 Å².